The van der Waals surface area contributed by atoms with Gasteiger partial charge in [-0.25, -0.2) is 0 Å². The molecular formula is C8H14O3. The zero-order valence-electron chi connectivity index (χ0n) is 6.58. The molecular weight excluding hydrogens is 144 g/mol. The molecule has 2 fully saturated rings. The van der Waals surface area contributed by atoms with E-state index >= 15 is 0 Å². The summed E-state index contributed by atoms with van der Waals surface area (Å²) in [7, 11) is 0. The average molecular weight is 158 g/mol. The fourth-order valence-corrected chi connectivity index (χ4v) is 1.90. The molecule has 2 aliphatic rings. The van der Waals surface area contributed by atoms with Crippen LogP contribution < -0.4 is 0 Å². The molecule has 2 rings (SSSR count). The van der Waals surface area contributed by atoms with Crippen LogP contribution in [0.15, 0.2) is 0 Å². The lowest BCUT2D eigenvalue weighted by Gasteiger charge is -2.21. The quantitative estimate of drug-likeness (QED) is 0.597. The van der Waals surface area contributed by atoms with Crippen LogP contribution in [-0.4, -0.2) is 36.6 Å². The molecule has 1 N–H and O–H groups in total. The Hall–Kier alpha value is -0.120. The Kier molecular flexibility index (Phi) is 1.87. The summed E-state index contributed by atoms with van der Waals surface area (Å²) in [6, 6.07) is 0. The van der Waals surface area contributed by atoms with E-state index in [0.29, 0.717) is 0 Å². The van der Waals surface area contributed by atoms with Crippen molar-refractivity contribution in [2.75, 3.05) is 19.8 Å². The summed E-state index contributed by atoms with van der Waals surface area (Å²) in [5.41, 5.74) is -0.0204. The maximum atomic E-state index is 8.84. The van der Waals surface area contributed by atoms with Crippen LogP contribution in [0.25, 0.3) is 0 Å². The summed E-state index contributed by atoms with van der Waals surface area (Å²) in [5.74, 6) is 0. The third-order valence-corrected chi connectivity index (χ3v) is 2.61. The van der Waals surface area contributed by atoms with Gasteiger partial charge in [-0.05, 0) is 12.8 Å². The highest BCUT2D eigenvalue weighted by Gasteiger charge is 2.42. The summed E-state index contributed by atoms with van der Waals surface area (Å²) in [6.45, 7) is 1.70. The molecule has 1 spiro atoms. The van der Waals surface area contributed by atoms with Gasteiger partial charge in [0.2, 0.25) is 0 Å². The molecule has 0 radical (unpaired) electrons. The maximum Gasteiger partial charge on any atom is 0.0942 e. The van der Waals surface area contributed by atoms with Crippen molar-refractivity contribution in [2.24, 2.45) is 0 Å². The minimum absolute atomic E-state index is 0.0204. The van der Waals surface area contributed by atoms with E-state index < -0.39 is 0 Å². The van der Waals surface area contributed by atoms with Gasteiger partial charge in [-0.15, -0.1) is 0 Å². The van der Waals surface area contributed by atoms with Crippen molar-refractivity contribution in [3.63, 3.8) is 0 Å². The number of rotatable bonds is 1. The predicted molar refractivity (Wildman–Crippen MR) is 39.4 cm³/mol. The van der Waals surface area contributed by atoms with Crippen LogP contribution >= 0.6 is 0 Å². The SMILES string of the molecule is OC[C@H]1CC[C@]2(CCOC2)O1. The molecule has 2 aliphatic heterocycles. The van der Waals surface area contributed by atoms with Crippen LogP contribution in [0.3, 0.4) is 0 Å². The molecule has 3 nitrogen and oxygen atoms in total. The molecule has 2 heterocycles. The molecule has 0 aromatic carbocycles. The zero-order chi connectivity index (χ0) is 7.73. The van der Waals surface area contributed by atoms with Gasteiger partial charge in [0.05, 0.1) is 24.9 Å². The van der Waals surface area contributed by atoms with Crippen LogP contribution in [0.4, 0.5) is 0 Å². The number of ether oxygens (including phenoxy) is 2. The van der Waals surface area contributed by atoms with Crippen LogP contribution in [0, 0.1) is 0 Å². The number of aliphatic hydroxyl groups is 1. The van der Waals surface area contributed by atoms with E-state index in [0.717, 1.165) is 32.5 Å². The normalized spacial score (nSPS) is 43.9. The Morgan fingerprint density at radius 3 is 2.91 bits per heavy atom. The molecule has 0 aliphatic carbocycles. The van der Waals surface area contributed by atoms with E-state index in [1.807, 2.05) is 0 Å². The maximum absolute atomic E-state index is 8.84. The van der Waals surface area contributed by atoms with Gasteiger partial charge in [0.1, 0.15) is 0 Å². The Bertz CT molecular complexity index is 140. The van der Waals surface area contributed by atoms with Gasteiger partial charge in [-0.1, -0.05) is 0 Å². The first kappa shape index (κ1) is 7.53. The van der Waals surface area contributed by atoms with Crippen LogP contribution in [0.2, 0.25) is 0 Å². The van der Waals surface area contributed by atoms with E-state index in [1.165, 1.54) is 0 Å². The van der Waals surface area contributed by atoms with E-state index in [4.69, 9.17) is 14.6 Å². The highest BCUT2D eigenvalue weighted by Crippen LogP contribution is 2.36. The predicted octanol–water partition coefficient (Wildman–Crippen LogP) is 0.317. The van der Waals surface area contributed by atoms with E-state index in [2.05, 4.69) is 0 Å². The minimum atomic E-state index is -0.0204. The molecule has 11 heavy (non-hydrogen) atoms. The Labute approximate surface area is 66.3 Å². The first-order valence-electron chi connectivity index (χ1n) is 4.21. The lowest BCUT2D eigenvalue weighted by molar-refractivity contribution is -0.0608. The van der Waals surface area contributed by atoms with Crippen molar-refractivity contribution in [3.05, 3.63) is 0 Å². The molecule has 3 heteroatoms. The van der Waals surface area contributed by atoms with Gasteiger partial charge in [0.15, 0.2) is 0 Å². The molecule has 0 unspecified atom stereocenters. The smallest absolute Gasteiger partial charge is 0.0942 e. The van der Waals surface area contributed by atoms with Gasteiger partial charge >= 0.3 is 0 Å². The lowest BCUT2D eigenvalue weighted by atomic mass is 9.99. The average Bonchev–Trinajstić information content (AvgIpc) is 2.62. The Morgan fingerprint density at radius 1 is 1.45 bits per heavy atom. The molecule has 64 valence electrons. The van der Waals surface area contributed by atoms with Crippen molar-refractivity contribution >= 4 is 0 Å². The summed E-state index contributed by atoms with van der Waals surface area (Å²) in [6.07, 6.45) is 3.11. The van der Waals surface area contributed by atoms with Crippen LogP contribution in [0.1, 0.15) is 19.3 Å². The number of aliphatic hydroxyl groups excluding tert-OH is 1. The van der Waals surface area contributed by atoms with E-state index in [-0.39, 0.29) is 18.3 Å². The summed E-state index contributed by atoms with van der Waals surface area (Å²) >= 11 is 0. The number of hydrogen-bond acceptors (Lipinski definition) is 3. The van der Waals surface area contributed by atoms with E-state index in [1.54, 1.807) is 0 Å². The molecule has 0 saturated carbocycles. The third-order valence-electron chi connectivity index (χ3n) is 2.61. The standard InChI is InChI=1S/C8H14O3/c9-5-7-1-2-8(11-7)3-4-10-6-8/h7,9H,1-6H2/t7-,8-/m1/s1. The Morgan fingerprint density at radius 2 is 2.36 bits per heavy atom. The molecule has 0 amide bonds. The van der Waals surface area contributed by atoms with Gasteiger partial charge in [-0.3, -0.25) is 0 Å². The van der Waals surface area contributed by atoms with Crippen molar-refractivity contribution in [3.8, 4) is 0 Å². The lowest BCUT2D eigenvalue weighted by Crippen LogP contribution is -2.30. The van der Waals surface area contributed by atoms with E-state index in [9.17, 15) is 0 Å². The first-order valence-corrected chi connectivity index (χ1v) is 4.21. The molecule has 2 atom stereocenters. The highest BCUT2D eigenvalue weighted by molar-refractivity contribution is 4.91. The molecule has 2 saturated heterocycles. The van der Waals surface area contributed by atoms with Crippen molar-refractivity contribution in [1.29, 1.82) is 0 Å². The molecule has 0 aromatic rings. The van der Waals surface area contributed by atoms with Crippen molar-refractivity contribution in [1.82, 2.24) is 0 Å². The fraction of sp³-hybridized carbons (Fsp3) is 1.00. The van der Waals surface area contributed by atoms with Gasteiger partial charge < -0.3 is 14.6 Å². The van der Waals surface area contributed by atoms with Crippen LogP contribution in [-0.2, 0) is 9.47 Å². The molecule has 0 aromatic heterocycles. The second-order valence-electron chi connectivity index (χ2n) is 3.45. The zero-order valence-corrected chi connectivity index (χ0v) is 6.58. The monoisotopic (exact) mass is 158 g/mol. The van der Waals surface area contributed by atoms with Crippen LogP contribution in [0.5, 0.6) is 0 Å². The second kappa shape index (κ2) is 2.73. The largest absolute Gasteiger partial charge is 0.394 e. The summed E-state index contributed by atoms with van der Waals surface area (Å²) in [4.78, 5) is 0. The highest BCUT2D eigenvalue weighted by atomic mass is 16.6. The summed E-state index contributed by atoms with van der Waals surface area (Å²) in [5, 5.41) is 8.84. The van der Waals surface area contributed by atoms with Crippen molar-refractivity contribution < 1.29 is 14.6 Å². The van der Waals surface area contributed by atoms with Crippen molar-refractivity contribution in [2.45, 2.75) is 31.0 Å². The van der Waals surface area contributed by atoms with Gasteiger partial charge in [-0.2, -0.15) is 0 Å². The second-order valence-corrected chi connectivity index (χ2v) is 3.45. The topological polar surface area (TPSA) is 38.7 Å². The molecule has 0 bridgehead atoms. The summed E-state index contributed by atoms with van der Waals surface area (Å²) < 4.78 is 11.0. The minimum Gasteiger partial charge on any atom is -0.394 e. The fourth-order valence-electron chi connectivity index (χ4n) is 1.90. The van der Waals surface area contributed by atoms with Gasteiger partial charge in [0.25, 0.3) is 0 Å². The first-order chi connectivity index (χ1) is 5.35. The van der Waals surface area contributed by atoms with Gasteiger partial charge in [0, 0.05) is 13.0 Å². The Balaban J connectivity index is 1.96. The third kappa shape index (κ3) is 1.28. The number of hydrogen-bond donors (Lipinski definition) is 1.